The number of ether oxygens (including phenoxy) is 1. The molecule has 3 heterocycles. The summed E-state index contributed by atoms with van der Waals surface area (Å²) in [6.45, 7) is 8.04. The zero-order chi connectivity index (χ0) is 16.6. The van der Waals surface area contributed by atoms with Crippen LogP contribution in [0, 0.1) is 5.92 Å². The van der Waals surface area contributed by atoms with Crippen LogP contribution in [0.4, 0.5) is 0 Å². The Morgan fingerprint density at radius 2 is 1.75 bits per heavy atom. The molecule has 24 heavy (non-hydrogen) atoms. The molecule has 0 aliphatic carbocycles. The number of amides is 1. The predicted octanol–water partition coefficient (Wildman–Crippen LogP) is 1.87. The third-order valence-corrected chi connectivity index (χ3v) is 5.74. The lowest BCUT2D eigenvalue weighted by Gasteiger charge is -2.35. The van der Waals surface area contributed by atoms with E-state index in [2.05, 4.69) is 15.1 Å². The van der Waals surface area contributed by atoms with Gasteiger partial charge in [-0.3, -0.25) is 9.69 Å². The quantitative estimate of drug-likeness (QED) is 0.804. The lowest BCUT2D eigenvalue weighted by atomic mass is 9.97. The SMILES string of the molecule is O=C(CN1CCC[C@@H](CN2CCCCCC2)C1)NC[C@@H]1CCCO1. The fraction of sp³-hybridized carbons (Fsp3) is 0.947. The van der Waals surface area contributed by atoms with Crippen LogP contribution in [-0.4, -0.2) is 74.2 Å². The monoisotopic (exact) mass is 337 g/mol. The van der Waals surface area contributed by atoms with E-state index < -0.39 is 0 Å². The zero-order valence-electron chi connectivity index (χ0n) is 15.2. The molecule has 0 aromatic carbocycles. The van der Waals surface area contributed by atoms with Crippen molar-refractivity contribution in [2.45, 2.75) is 57.5 Å². The Morgan fingerprint density at radius 3 is 2.50 bits per heavy atom. The van der Waals surface area contributed by atoms with Gasteiger partial charge in [-0.1, -0.05) is 12.8 Å². The second-order valence-electron chi connectivity index (χ2n) is 7.90. The van der Waals surface area contributed by atoms with Crippen LogP contribution in [0.5, 0.6) is 0 Å². The molecule has 0 unspecified atom stereocenters. The maximum absolute atomic E-state index is 12.2. The van der Waals surface area contributed by atoms with Gasteiger partial charge in [-0.2, -0.15) is 0 Å². The molecule has 3 rings (SSSR count). The van der Waals surface area contributed by atoms with E-state index in [0.29, 0.717) is 13.1 Å². The molecule has 5 nitrogen and oxygen atoms in total. The van der Waals surface area contributed by atoms with Crippen LogP contribution in [0.3, 0.4) is 0 Å². The first-order valence-electron chi connectivity index (χ1n) is 10.1. The Bertz CT molecular complexity index is 377. The number of carbonyl (C=O) groups excluding carboxylic acids is 1. The number of carbonyl (C=O) groups is 1. The number of hydrogen-bond acceptors (Lipinski definition) is 4. The van der Waals surface area contributed by atoms with E-state index in [9.17, 15) is 4.79 Å². The highest BCUT2D eigenvalue weighted by Gasteiger charge is 2.24. The Hall–Kier alpha value is -0.650. The van der Waals surface area contributed by atoms with Gasteiger partial charge in [0.25, 0.3) is 0 Å². The van der Waals surface area contributed by atoms with Crippen molar-refractivity contribution in [1.82, 2.24) is 15.1 Å². The number of likely N-dealkylation sites (tertiary alicyclic amines) is 2. The number of rotatable bonds is 6. The van der Waals surface area contributed by atoms with Gasteiger partial charge < -0.3 is 15.0 Å². The van der Waals surface area contributed by atoms with E-state index in [1.807, 2.05) is 0 Å². The molecule has 3 saturated heterocycles. The molecule has 3 fully saturated rings. The summed E-state index contributed by atoms with van der Waals surface area (Å²) in [6.07, 6.45) is 10.5. The molecule has 3 aliphatic rings. The summed E-state index contributed by atoms with van der Waals surface area (Å²) in [5, 5.41) is 3.06. The minimum atomic E-state index is 0.168. The molecular formula is C19H35N3O2. The van der Waals surface area contributed by atoms with Crippen LogP contribution >= 0.6 is 0 Å². The number of nitrogens with zero attached hydrogens (tertiary/aromatic N) is 2. The normalized spacial score (nSPS) is 30.2. The number of piperidine rings is 1. The summed E-state index contributed by atoms with van der Waals surface area (Å²) in [5.74, 6) is 0.906. The van der Waals surface area contributed by atoms with E-state index in [1.54, 1.807) is 0 Å². The van der Waals surface area contributed by atoms with Crippen LogP contribution in [-0.2, 0) is 9.53 Å². The molecule has 2 atom stereocenters. The van der Waals surface area contributed by atoms with Crippen LogP contribution in [0.15, 0.2) is 0 Å². The molecule has 0 spiro atoms. The molecule has 0 bridgehead atoms. The molecule has 0 aromatic rings. The first kappa shape index (κ1) is 18.2. The Kier molecular flexibility index (Phi) is 7.36. The highest BCUT2D eigenvalue weighted by atomic mass is 16.5. The van der Waals surface area contributed by atoms with Crippen molar-refractivity contribution < 1.29 is 9.53 Å². The van der Waals surface area contributed by atoms with Gasteiger partial charge in [0.2, 0.25) is 5.91 Å². The third-order valence-electron chi connectivity index (χ3n) is 5.74. The fourth-order valence-corrected chi connectivity index (χ4v) is 4.42. The Labute approximate surface area is 147 Å². The molecule has 1 amide bonds. The third kappa shape index (κ3) is 6.01. The molecule has 1 N–H and O–H groups in total. The van der Waals surface area contributed by atoms with Gasteiger partial charge in [0, 0.05) is 26.2 Å². The lowest BCUT2D eigenvalue weighted by molar-refractivity contribution is -0.123. The first-order chi connectivity index (χ1) is 11.8. The summed E-state index contributed by atoms with van der Waals surface area (Å²) >= 11 is 0. The minimum Gasteiger partial charge on any atom is -0.376 e. The second kappa shape index (κ2) is 9.73. The van der Waals surface area contributed by atoms with E-state index in [1.165, 1.54) is 58.2 Å². The van der Waals surface area contributed by atoms with Crippen LogP contribution < -0.4 is 5.32 Å². The van der Waals surface area contributed by atoms with Gasteiger partial charge >= 0.3 is 0 Å². The largest absolute Gasteiger partial charge is 0.376 e. The topological polar surface area (TPSA) is 44.8 Å². The van der Waals surface area contributed by atoms with Crippen molar-refractivity contribution in [2.75, 3.05) is 52.4 Å². The summed E-state index contributed by atoms with van der Waals surface area (Å²) in [6, 6.07) is 0. The zero-order valence-corrected chi connectivity index (χ0v) is 15.2. The van der Waals surface area contributed by atoms with Crippen molar-refractivity contribution >= 4 is 5.91 Å². The summed E-state index contributed by atoms with van der Waals surface area (Å²) in [4.78, 5) is 17.2. The van der Waals surface area contributed by atoms with Crippen molar-refractivity contribution in [2.24, 2.45) is 5.92 Å². The smallest absolute Gasteiger partial charge is 0.234 e. The summed E-state index contributed by atoms with van der Waals surface area (Å²) < 4.78 is 5.57. The molecule has 3 aliphatic heterocycles. The van der Waals surface area contributed by atoms with E-state index >= 15 is 0 Å². The molecule has 0 radical (unpaired) electrons. The van der Waals surface area contributed by atoms with Gasteiger partial charge in [-0.15, -0.1) is 0 Å². The number of nitrogens with one attached hydrogen (secondary N) is 1. The number of hydrogen-bond donors (Lipinski definition) is 1. The minimum absolute atomic E-state index is 0.168. The van der Waals surface area contributed by atoms with Gasteiger partial charge in [0.1, 0.15) is 0 Å². The Morgan fingerprint density at radius 1 is 0.958 bits per heavy atom. The van der Waals surface area contributed by atoms with Crippen molar-refractivity contribution in [3.8, 4) is 0 Å². The average Bonchev–Trinajstić information content (AvgIpc) is 2.97. The Balaban J connectivity index is 1.35. The first-order valence-corrected chi connectivity index (χ1v) is 10.1. The average molecular weight is 338 g/mol. The standard InChI is InChI=1S/C19H35N3O2/c23-19(20-13-18-8-6-12-24-18)16-22-11-5-7-17(15-22)14-21-9-3-1-2-4-10-21/h17-18H,1-16H2,(H,20,23)/t17-,18-/m0/s1. The summed E-state index contributed by atoms with van der Waals surface area (Å²) in [5.41, 5.74) is 0. The van der Waals surface area contributed by atoms with E-state index in [4.69, 9.17) is 4.74 Å². The van der Waals surface area contributed by atoms with Crippen molar-refractivity contribution in [1.29, 1.82) is 0 Å². The highest BCUT2D eigenvalue weighted by Crippen LogP contribution is 2.19. The molecule has 138 valence electrons. The van der Waals surface area contributed by atoms with Crippen molar-refractivity contribution in [3.63, 3.8) is 0 Å². The second-order valence-corrected chi connectivity index (χ2v) is 7.90. The predicted molar refractivity (Wildman–Crippen MR) is 96.1 cm³/mol. The van der Waals surface area contributed by atoms with Gasteiger partial charge in [0.05, 0.1) is 12.6 Å². The van der Waals surface area contributed by atoms with Crippen LogP contribution in [0.2, 0.25) is 0 Å². The van der Waals surface area contributed by atoms with Crippen LogP contribution in [0.1, 0.15) is 51.4 Å². The maximum Gasteiger partial charge on any atom is 0.234 e. The summed E-state index contributed by atoms with van der Waals surface area (Å²) in [7, 11) is 0. The van der Waals surface area contributed by atoms with Gasteiger partial charge in [-0.25, -0.2) is 0 Å². The van der Waals surface area contributed by atoms with Gasteiger partial charge in [0.15, 0.2) is 0 Å². The molecule has 0 saturated carbocycles. The molecule has 5 heteroatoms. The van der Waals surface area contributed by atoms with Crippen LogP contribution in [0.25, 0.3) is 0 Å². The van der Waals surface area contributed by atoms with E-state index in [-0.39, 0.29) is 12.0 Å². The highest BCUT2D eigenvalue weighted by molar-refractivity contribution is 5.78. The van der Waals surface area contributed by atoms with E-state index in [0.717, 1.165) is 38.5 Å². The fourth-order valence-electron chi connectivity index (χ4n) is 4.42. The maximum atomic E-state index is 12.2. The lowest BCUT2D eigenvalue weighted by Crippen LogP contribution is -2.46. The van der Waals surface area contributed by atoms with Gasteiger partial charge in [-0.05, 0) is 64.1 Å². The molecule has 0 aromatic heterocycles. The molecular weight excluding hydrogens is 302 g/mol. The van der Waals surface area contributed by atoms with Crippen molar-refractivity contribution in [3.05, 3.63) is 0 Å².